The molecule has 4 heteroatoms. The Morgan fingerprint density at radius 1 is 1.21 bits per heavy atom. The predicted molar refractivity (Wildman–Crippen MR) is 51.6 cm³/mol. The maximum atomic E-state index is 11.8. The Bertz CT molecular complexity index is 269. The molecule has 2 amide bonds. The molecule has 2 aliphatic rings. The lowest BCUT2D eigenvalue weighted by atomic mass is 9.78. The van der Waals surface area contributed by atoms with E-state index in [1.54, 1.807) is 0 Å². The summed E-state index contributed by atoms with van der Waals surface area (Å²) in [5.74, 6) is -0.260. The number of carbonyl (C=O) groups is 2. The molecule has 1 heterocycles. The van der Waals surface area contributed by atoms with Crippen LogP contribution in [0.25, 0.3) is 0 Å². The number of amides is 2. The largest absolute Gasteiger partial charge is 0.294 e. The zero-order valence-electron chi connectivity index (χ0n) is 8.51. The fraction of sp³-hybridized carbons (Fsp3) is 0.800. The first-order valence-corrected chi connectivity index (χ1v) is 5.21. The molecule has 1 aliphatic heterocycles. The van der Waals surface area contributed by atoms with Gasteiger partial charge in [-0.3, -0.25) is 19.8 Å². The fourth-order valence-corrected chi connectivity index (χ4v) is 2.57. The molecule has 0 unspecified atom stereocenters. The highest BCUT2D eigenvalue weighted by Gasteiger charge is 2.46. The normalized spacial score (nSPS) is 27.8. The van der Waals surface area contributed by atoms with Crippen LogP contribution in [0, 0.1) is 0 Å². The molecule has 1 saturated carbocycles. The van der Waals surface area contributed by atoms with E-state index in [9.17, 15) is 9.59 Å². The van der Waals surface area contributed by atoms with E-state index in [2.05, 4.69) is 5.32 Å². The van der Waals surface area contributed by atoms with Crippen LogP contribution in [-0.2, 0) is 9.59 Å². The highest BCUT2D eigenvalue weighted by molar-refractivity contribution is 6.03. The van der Waals surface area contributed by atoms with Gasteiger partial charge in [-0.25, -0.2) is 0 Å². The van der Waals surface area contributed by atoms with Crippen molar-refractivity contribution in [3.8, 4) is 0 Å². The van der Waals surface area contributed by atoms with Gasteiger partial charge in [-0.05, 0) is 19.9 Å². The molecule has 78 valence electrons. The van der Waals surface area contributed by atoms with Crippen LogP contribution in [0.4, 0.5) is 0 Å². The van der Waals surface area contributed by atoms with E-state index in [4.69, 9.17) is 0 Å². The maximum Gasteiger partial charge on any atom is 0.247 e. The molecular weight excluding hydrogens is 180 g/mol. The number of hydrogen-bond acceptors (Lipinski definition) is 3. The predicted octanol–water partition coefficient (Wildman–Crippen LogP) is 0.277. The lowest BCUT2D eigenvalue weighted by molar-refractivity contribution is -0.147. The molecule has 14 heavy (non-hydrogen) atoms. The van der Waals surface area contributed by atoms with Crippen LogP contribution in [0.1, 0.15) is 32.1 Å². The van der Waals surface area contributed by atoms with Crippen LogP contribution in [0.5, 0.6) is 0 Å². The van der Waals surface area contributed by atoms with E-state index in [-0.39, 0.29) is 17.4 Å². The summed E-state index contributed by atoms with van der Waals surface area (Å²) >= 11 is 0. The molecule has 2 fully saturated rings. The van der Waals surface area contributed by atoms with E-state index in [1.165, 1.54) is 6.42 Å². The topological polar surface area (TPSA) is 49.4 Å². The van der Waals surface area contributed by atoms with Crippen molar-refractivity contribution < 1.29 is 9.59 Å². The van der Waals surface area contributed by atoms with Crippen molar-refractivity contribution >= 4 is 11.8 Å². The Morgan fingerprint density at radius 3 is 2.43 bits per heavy atom. The minimum absolute atomic E-state index is 0.0871. The van der Waals surface area contributed by atoms with Crippen LogP contribution < -0.4 is 5.32 Å². The van der Waals surface area contributed by atoms with Crippen LogP contribution in [-0.4, -0.2) is 35.8 Å². The van der Waals surface area contributed by atoms with Crippen LogP contribution in [0.2, 0.25) is 0 Å². The minimum Gasteiger partial charge on any atom is -0.294 e. The number of hydrogen-bond donors (Lipinski definition) is 1. The lowest BCUT2D eigenvalue weighted by Gasteiger charge is -2.45. The third-order valence-corrected chi connectivity index (χ3v) is 3.47. The summed E-state index contributed by atoms with van der Waals surface area (Å²) in [6.45, 7) is 0.353. The second-order valence-corrected chi connectivity index (χ2v) is 4.33. The summed E-state index contributed by atoms with van der Waals surface area (Å²) in [6.07, 6.45) is 5.17. The number of rotatable bonds is 0. The molecule has 1 N–H and O–H groups in total. The quantitative estimate of drug-likeness (QED) is 0.566. The van der Waals surface area contributed by atoms with Gasteiger partial charge in [0.2, 0.25) is 11.8 Å². The number of nitrogens with zero attached hydrogens (tertiary/aromatic N) is 1. The average molecular weight is 196 g/mol. The summed E-state index contributed by atoms with van der Waals surface area (Å²) in [5, 5.41) is 2.45. The van der Waals surface area contributed by atoms with Crippen molar-refractivity contribution in [3.05, 3.63) is 0 Å². The minimum atomic E-state index is -0.383. The molecule has 0 aromatic heterocycles. The van der Waals surface area contributed by atoms with Gasteiger partial charge in [0, 0.05) is 0 Å². The molecule has 0 bridgehead atoms. The first kappa shape index (κ1) is 9.65. The third kappa shape index (κ3) is 1.34. The average Bonchev–Trinajstić information content (AvgIpc) is 2.16. The molecule has 1 aliphatic carbocycles. The van der Waals surface area contributed by atoms with Crippen LogP contribution >= 0.6 is 0 Å². The van der Waals surface area contributed by atoms with E-state index >= 15 is 0 Å². The summed E-state index contributed by atoms with van der Waals surface area (Å²) in [6, 6.07) is 0. The second-order valence-electron chi connectivity index (χ2n) is 4.33. The van der Waals surface area contributed by atoms with Gasteiger partial charge < -0.3 is 0 Å². The number of carbonyl (C=O) groups excluding carboxylic acids is 2. The number of likely N-dealkylation sites (N-methyl/N-ethyl adjacent to an activating group) is 1. The van der Waals surface area contributed by atoms with Gasteiger partial charge in [-0.15, -0.1) is 0 Å². The zero-order chi connectivity index (χ0) is 10.2. The lowest BCUT2D eigenvalue weighted by Crippen LogP contribution is -2.66. The second kappa shape index (κ2) is 3.35. The maximum absolute atomic E-state index is 11.8. The van der Waals surface area contributed by atoms with Gasteiger partial charge in [0.25, 0.3) is 0 Å². The van der Waals surface area contributed by atoms with E-state index < -0.39 is 0 Å². The SMILES string of the molecule is CN1CC(=O)NC(=O)C12CCCCC2. The summed E-state index contributed by atoms with van der Waals surface area (Å²) in [4.78, 5) is 24.9. The van der Waals surface area contributed by atoms with Crippen molar-refractivity contribution in [1.29, 1.82) is 0 Å². The summed E-state index contributed by atoms with van der Waals surface area (Å²) in [5.41, 5.74) is -0.383. The van der Waals surface area contributed by atoms with E-state index in [0.717, 1.165) is 25.7 Å². The van der Waals surface area contributed by atoms with E-state index in [1.807, 2.05) is 11.9 Å². The molecule has 1 spiro atoms. The fourth-order valence-electron chi connectivity index (χ4n) is 2.57. The third-order valence-electron chi connectivity index (χ3n) is 3.47. The van der Waals surface area contributed by atoms with Crippen molar-refractivity contribution in [2.75, 3.05) is 13.6 Å². The van der Waals surface area contributed by atoms with Crippen molar-refractivity contribution in [3.63, 3.8) is 0 Å². The molecule has 0 radical (unpaired) electrons. The standard InChI is InChI=1S/C10H16N2O2/c1-12-7-8(13)11-9(14)10(12)5-3-2-4-6-10/h2-7H2,1H3,(H,11,13,14). The first-order valence-electron chi connectivity index (χ1n) is 5.21. The van der Waals surface area contributed by atoms with Gasteiger partial charge in [-0.2, -0.15) is 0 Å². The Balaban J connectivity index is 2.22. The van der Waals surface area contributed by atoms with Gasteiger partial charge in [0.1, 0.15) is 5.54 Å². The molecule has 4 nitrogen and oxygen atoms in total. The monoisotopic (exact) mass is 196 g/mol. The van der Waals surface area contributed by atoms with Gasteiger partial charge in [0.05, 0.1) is 6.54 Å². The Morgan fingerprint density at radius 2 is 1.86 bits per heavy atom. The number of imide groups is 1. The first-order chi connectivity index (χ1) is 6.65. The van der Waals surface area contributed by atoms with Gasteiger partial charge in [-0.1, -0.05) is 19.3 Å². The highest BCUT2D eigenvalue weighted by atomic mass is 16.2. The Kier molecular flexibility index (Phi) is 2.31. The van der Waals surface area contributed by atoms with Crippen molar-refractivity contribution in [2.45, 2.75) is 37.6 Å². The number of piperazine rings is 1. The summed E-state index contributed by atoms with van der Waals surface area (Å²) in [7, 11) is 1.88. The molecule has 2 rings (SSSR count). The highest BCUT2D eigenvalue weighted by Crippen LogP contribution is 2.34. The van der Waals surface area contributed by atoms with Crippen molar-refractivity contribution in [1.82, 2.24) is 10.2 Å². The van der Waals surface area contributed by atoms with Crippen molar-refractivity contribution in [2.24, 2.45) is 0 Å². The van der Waals surface area contributed by atoms with Crippen LogP contribution in [0.3, 0.4) is 0 Å². The molecule has 0 aromatic rings. The van der Waals surface area contributed by atoms with Crippen LogP contribution in [0.15, 0.2) is 0 Å². The Labute approximate surface area is 83.6 Å². The van der Waals surface area contributed by atoms with Gasteiger partial charge in [0.15, 0.2) is 0 Å². The number of nitrogens with one attached hydrogen (secondary N) is 1. The zero-order valence-corrected chi connectivity index (χ0v) is 8.51. The molecule has 0 aromatic carbocycles. The van der Waals surface area contributed by atoms with Gasteiger partial charge >= 0.3 is 0 Å². The molecule has 1 saturated heterocycles. The smallest absolute Gasteiger partial charge is 0.247 e. The molecular formula is C10H16N2O2. The Hall–Kier alpha value is -0.900. The molecule has 0 atom stereocenters. The van der Waals surface area contributed by atoms with E-state index in [0.29, 0.717) is 6.54 Å². The summed E-state index contributed by atoms with van der Waals surface area (Å²) < 4.78 is 0.